The lowest BCUT2D eigenvalue weighted by molar-refractivity contribution is 0.0995. The minimum atomic E-state index is -0.562. The molecule has 170 valence electrons. The van der Waals surface area contributed by atoms with Crippen molar-refractivity contribution >= 4 is 28.8 Å². The molecule has 0 aliphatic heterocycles. The Morgan fingerprint density at radius 2 is 2.06 bits per heavy atom. The number of rotatable bonds is 10. The summed E-state index contributed by atoms with van der Waals surface area (Å²) in [5.41, 5.74) is 14.0. The molecule has 3 aromatic rings. The van der Waals surface area contributed by atoms with Gasteiger partial charge in [0.15, 0.2) is 0 Å². The Labute approximate surface area is 185 Å². The molecule has 2 aromatic heterocycles. The molecule has 10 heteroatoms. The maximum absolute atomic E-state index is 13.0. The standard InChI is InChI=1S/C22H29N7O3/c1-3-29-17(9-13(2)27-29)21(31)26-22-25-16-10-15(20(24)30)11-18(32-12-14-5-6-14)19(16)28(22)8-4-7-23/h9-11,14H,3-8,12,23H2,1-2H3,(H2,24,30)(H,25,26,31). The molecule has 0 spiro atoms. The summed E-state index contributed by atoms with van der Waals surface area (Å²) >= 11 is 0. The number of aryl methyl sites for hydroxylation is 3. The molecule has 1 aliphatic rings. The van der Waals surface area contributed by atoms with Crippen LogP contribution in [0.4, 0.5) is 5.95 Å². The average Bonchev–Trinajstić information content (AvgIpc) is 3.42. The maximum atomic E-state index is 13.0. The molecule has 5 N–H and O–H groups in total. The van der Waals surface area contributed by atoms with Crippen LogP contribution in [0.1, 0.15) is 52.7 Å². The van der Waals surface area contributed by atoms with E-state index in [2.05, 4.69) is 15.4 Å². The second-order valence-corrected chi connectivity index (χ2v) is 8.13. The molecule has 0 unspecified atom stereocenters. The van der Waals surface area contributed by atoms with Crippen molar-refractivity contribution in [2.75, 3.05) is 18.5 Å². The Morgan fingerprint density at radius 3 is 2.72 bits per heavy atom. The number of carbonyl (C=O) groups excluding carboxylic acids is 2. The molecule has 0 saturated heterocycles. The fraction of sp³-hybridized carbons (Fsp3) is 0.455. The number of nitrogens with two attached hydrogens (primary N) is 2. The first kappa shape index (κ1) is 21.8. The lowest BCUT2D eigenvalue weighted by atomic mass is 10.1. The van der Waals surface area contributed by atoms with Crippen molar-refractivity contribution in [3.05, 3.63) is 35.2 Å². The van der Waals surface area contributed by atoms with E-state index in [1.54, 1.807) is 22.9 Å². The molecule has 2 amide bonds. The van der Waals surface area contributed by atoms with Gasteiger partial charge in [0, 0.05) is 18.7 Å². The van der Waals surface area contributed by atoms with Gasteiger partial charge in [0.25, 0.3) is 5.91 Å². The number of primary amides is 1. The number of carbonyl (C=O) groups is 2. The summed E-state index contributed by atoms with van der Waals surface area (Å²) in [6, 6.07) is 5.01. The van der Waals surface area contributed by atoms with E-state index in [-0.39, 0.29) is 5.91 Å². The van der Waals surface area contributed by atoms with Crippen molar-refractivity contribution in [1.29, 1.82) is 0 Å². The molecule has 10 nitrogen and oxygen atoms in total. The number of ether oxygens (including phenoxy) is 1. The highest BCUT2D eigenvalue weighted by Gasteiger charge is 2.25. The van der Waals surface area contributed by atoms with E-state index < -0.39 is 5.91 Å². The first-order valence-electron chi connectivity index (χ1n) is 10.9. The summed E-state index contributed by atoms with van der Waals surface area (Å²) < 4.78 is 9.60. The molecular formula is C22H29N7O3. The van der Waals surface area contributed by atoms with E-state index in [9.17, 15) is 9.59 Å². The van der Waals surface area contributed by atoms with Crippen LogP contribution >= 0.6 is 0 Å². The lowest BCUT2D eigenvalue weighted by Gasteiger charge is -2.13. The van der Waals surface area contributed by atoms with E-state index in [1.165, 1.54) is 0 Å². The predicted octanol–water partition coefficient (Wildman–Crippen LogP) is 2.05. The Hall–Kier alpha value is -3.40. The number of hydrogen-bond donors (Lipinski definition) is 3. The van der Waals surface area contributed by atoms with E-state index >= 15 is 0 Å². The van der Waals surface area contributed by atoms with Crippen molar-refractivity contribution in [3.63, 3.8) is 0 Å². The number of anilines is 1. The van der Waals surface area contributed by atoms with Gasteiger partial charge < -0.3 is 20.8 Å². The first-order valence-corrected chi connectivity index (χ1v) is 10.9. The molecule has 4 rings (SSSR count). The highest BCUT2D eigenvalue weighted by atomic mass is 16.5. The first-order chi connectivity index (χ1) is 15.4. The zero-order valence-corrected chi connectivity index (χ0v) is 18.4. The van der Waals surface area contributed by atoms with Crippen LogP contribution in [0.25, 0.3) is 11.0 Å². The summed E-state index contributed by atoms with van der Waals surface area (Å²) in [6.45, 7) is 5.91. The van der Waals surface area contributed by atoms with Crippen LogP contribution in [-0.2, 0) is 13.1 Å². The van der Waals surface area contributed by atoms with Gasteiger partial charge in [-0.3, -0.25) is 19.6 Å². The largest absolute Gasteiger partial charge is 0.491 e. The van der Waals surface area contributed by atoms with Crippen LogP contribution in [0.15, 0.2) is 18.2 Å². The van der Waals surface area contributed by atoms with Gasteiger partial charge in [-0.2, -0.15) is 5.10 Å². The van der Waals surface area contributed by atoms with Gasteiger partial charge in [0.1, 0.15) is 17.0 Å². The van der Waals surface area contributed by atoms with Crippen LogP contribution in [0, 0.1) is 12.8 Å². The molecule has 1 aromatic carbocycles. The van der Waals surface area contributed by atoms with Gasteiger partial charge in [-0.1, -0.05) is 0 Å². The quantitative estimate of drug-likeness (QED) is 0.441. The number of imidazole rings is 1. The van der Waals surface area contributed by atoms with Crippen LogP contribution in [-0.4, -0.2) is 44.3 Å². The molecule has 0 radical (unpaired) electrons. The number of nitrogens with one attached hydrogen (secondary N) is 1. The second kappa shape index (κ2) is 8.99. The van der Waals surface area contributed by atoms with E-state index in [1.807, 2.05) is 18.4 Å². The van der Waals surface area contributed by atoms with Gasteiger partial charge in [-0.05, 0) is 63.8 Å². The summed E-state index contributed by atoms with van der Waals surface area (Å²) in [5.74, 6) is 0.542. The van der Waals surface area contributed by atoms with Crippen molar-refractivity contribution in [2.24, 2.45) is 17.4 Å². The summed E-state index contributed by atoms with van der Waals surface area (Å²) in [5, 5.41) is 7.25. The molecule has 0 atom stereocenters. The monoisotopic (exact) mass is 439 g/mol. The molecule has 1 fully saturated rings. The molecule has 1 saturated carbocycles. The van der Waals surface area contributed by atoms with Crippen LogP contribution in [0.3, 0.4) is 0 Å². The molecule has 32 heavy (non-hydrogen) atoms. The molecular weight excluding hydrogens is 410 g/mol. The van der Waals surface area contributed by atoms with Crippen LogP contribution in [0.2, 0.25) is 0 Å². The maximum Gasteiger partial charge on any atom is 0.276 e. The Balaban J connectivity index is 1.77. The lowest BCUT2D eigenvalue weighted by Crippen LogP contribution is -2.20. The third kappa shape index (κ3) is 4.45. The molecule has 2 heterocycles. The summed E-state index contributed by atoms with van der Waals surface area (Å²) in [4.78, 5) is 29.5. The predicted molar refractivity (Wildman–Crippen MR) is 121 cm³/mol. The number of aromatic nitrogens is 4. The van der Waals surface area contributed by atoms with Gasteiger partial charge >= 0.3 is 0 Å². The molecule has 0 bridgehead atoms. The Morgan fingerprint density at radius 1 is 1.28 bits per heavy atom. The Kier molecular flexibility index (Phi) is 6.13. The zero-order valence-electron chi connectivity index (χ0n) is 18.4. The van der Waals surface area contributed by atoms with E-state index in [0.717, 1.165) is 18.5 Å². The van der Waals surface area contributed by atoms with Gasteiger partial charge in [-0.15, -0.1) is 0 Å². The van der Waals surface area contributed by atoms with E-state index in [4.69, 9.17) is 16.2 Å². The van der Waals surface area contributed by atoms with Gasteiger partial charge in [0.05, 0.1) is 17.8 Å². The highest BCUT2D eigenvalue weighted by Crippen LogP contribution is 2.34. The average molecular weight is 440 g/mol. The fourth-order valence-electron chi connectivity index (χ4n) is 3.67. The summed E-state index contributed by atoms with van der Waals surface area (Å²) in [6.07, 6.45) is 2.95. The van der Waals surface area contributed by atoms with E-state index in [0.29, 0.717) is 72.6 Å². The number of amides is 2. The number of benzene rings is 1. The van der Waals surface area contributed by atoms with Crippen LogP contribution in [0.5, 0.6) is 5.75 Å². The van der Waals surface area contributed by atoms with Crippen molar-refractivity contribution in [3.8, 4) is 5.75 Å². The SMILES string of the molecule is CCn1nc(C)cc1C(=O)Nc1nc2cc(C(N)=O)cc(OCC3CC3)c2n1CCCN. The zero-order chi connectivity index (χ0) is 22.8. The topological polar surface area (TPSA) is 143 Å². The number of hydrogen-bond acceptors (Lipinski definition) is 6. The van der Waals surface area contributed by atoms with Crippen molar-refractivity contribution < 1.29 is 14.3 Å². The number of nitrogens with zero attached hydrogens (tertiary/aromatic N) is 4. The third-order valence-corrected chi connectivity index (χ3v) is 5.51. The fourth-order valence-corrected chi connectivity index (χ4v) is 3.67. The highest BCUT2D eigenvalue weighted by molar-refractivity contribution is 6.04. The van der Waals surface area contributed by atoms with Crippen LogP contribution < -0.4 is 21.5 Å². The Bertz CT molecular complexity index is 1160. The number of fused-ring (bicyclic) bond motifs is 1. The van der Waals surface area contributed by atoms with Crippen molar-refractivity contribution in [2.45, 2.75) is 46.2 Å². The van der Waals surface area contributed by atoms with Gasteiger partial charge in [-0.25, -0.2) is 4.98 Å². The minimum Gasteiger partial charge on any atom is -0.491 e. The van der Waals surface area contributed by atoms with Crippen molar-refractivity contribution in [1.82, 2.24) is 19.3 Å². The smallest absolute Gasteiger partial charge is 0.276 e. The minimum absolute atomic E-state index is 0.310. The normalized spacial score (nSPS) is 13.5. The van der Waals surface area contributed by atoms with Gasteiger partial charge in [0.2, 0.25) is 11.9 Å². The molecule has 1 aliphatic carbocycles. The second-order valence-electron chi connectivity index (χ2n) is 8.13. The third-order valence-electron chi connectivity index (χ3n) is 5.51. The summed E-state index contributed by atoms with van der Waals surface area (Å²) in [7, 11) is 0.